The van der Waals surface area contributed by atoms with Crippen LogP contribution in [0.3, 0.4) is 0 Å². The van der Waals surface area contributed by atoms with E-state index in [0.717, 1.165) is 71.1 Å². The van der Waals surface area contributed by atoms with Gasteiger partial charge in [0.1, 0.15) is 17.7 Å². The Balaban J connectivity index is 1.13. The molecule has 0 saturated carbocycles. The average Bonchev–Trinajstić information content (AvgIpc) is 3.86. The van der Waals surface area contributed by atoms with E-state index in [2.05, 4.69) is 79.1 Å². The molecule has 10 heteroatoms. The number of nitrogens with zero attached hydrogens (tertiary/aromatic N) is 3. The number of alkyl carbamates (subject to hydrolysis) is 1. The summed E-state index contributed by atoms with van der Waals surface area (Å²) >= 11 is 0. The normalized spacial score (nSPS) is 19.1. The highest BCUT2D eigenvalue weighted by Crippen LogP contribution is 2.33. The number of H-pyrrole nitrogens is 2. The molecule has 2 aliphatic rings. The molecule has 0 aliphatic carbocycles. The molecule has 2 fully saturated rings. The van der Waals surface area contributed by atoms with Gasteiger partial charge in [0.2, 0.25) is 5.91 Å². The summed E-state index contributed by atoms with van der Waals surface area (Å²) in [6.07, 6.45) is 7.14. The Kier molecular flexibility index (Phi) is 8.29. The molecule has 224 valence electrons. The Hall–Kier alpha value is -4.44. The molecule has 43 heavy (non-hydrogen) atoms. The van der Waals surface area contributed by atoms with Gasteiger partial charge < -0.3 is 30.2 Å². The average molecular weight is 582 g/mol. The molecule has 2 aromatic carbocycles. The topological polar surface area (TPSA) is 128 Å². The molecule has 2 saturated heterocycles. The number of ether oxygens (including phenoxy) is 1. The minimum Gasteiger partial charge on any atom is -0.453 e. The molecule has 2 aliphatic heterocycles. The van der Waals surface area contributed by atoms with Crippen LogP contribution in [0.4, 0.5) is 4.79 Å². The number of carbonyl (C=O) groups excluding carboxylic acids is 2. The lowest BCUT2D eigenvalue weighted by Gasteiger charge is -2.30. The first-order valence-electron chi connectivity index (χ1n) is 15.1. The summed E-state index contributed by atoms with van der Waals surface area (Å²) in [5.74, 6) is 1.57. The zero-order valence-corrected chi connectivity index (χ0v) is 24.9. The number of carbonyl (C=O) groups is 2. The minimum absolute atomic E-state index is 0.0767. The summed E-state index contributed by atoms with van der Waals surface area (Å²) in [5, 5.41) is 6.19. The maximum absolute atomic E-state index is 13.4. The van der Waals surface area contributed by atoms with Crippen molar-refractivity contribution >= 4 is 12.0 Å². The first-order chi connectivity index (χ1) is 20.9. The van der Waals surface area contributed by atoms with Crippen LogP contribution >= 0.6 is 0 Å². The molecule has 6 rings (SSSR count). The fourth-order valence-corrected chi connectivity index (χ4v) is 6.11. The Morgan fingerprint density at radius 2 is 1.44 bits per heavy atom. The Morgan fingerprint density at radius 1 is 0.860 bits per heavy atom. The predicted octanol–water partition coefficient (Wildman–Crippen LogP) is 5.60. The molecular formula is C33H39N7O3. The fourth-order valence-electron chi connectivity index (χ4n) is 6.11. The number of hydrogen-bond acceptors (Lipinski definition) is 6. The fraction of sp³-hybridized carbons (Fsp3) is 0.394. The van der Waals surface area contributed by atoms with Crippen LogP contribution in [0.2, 0.25) is 0 Å². The molecule has 2 aromatic heterocycles. The van der Waals surface area contributed by atoms with Crippen molar-refractivity contribution in [3.05, 3.63) is 72.6 Å². The lowest BCUT2D eigenvalue weighted by molar-refractivity contribution is -0.135. The van der Waals surface area contributed by atoms with Crippen molar-refractivity contribution in [1.82, 2.24) is 35.5 Å². The van der Waals surface area contributed by atoms with E-state index in [0.29, 0.717) is 12.6 Å². The molecule has 10 nitrogen and oxygen atoms in total. The number of rotatable bonds is 8. The van der Waals surface area contributed by atoms with Gasteiger partial charge in [0.25, 0.3) is 0 Å². The summed E-state index contributed by atoms with van der Waals surface area (Å²) in [5.41, 5.74) is 6.33. The highest BCUT2D eigenvalue weighted by atomic mass is 16.5. The van der Waals surface area contributed by atoms with Crippen LogP contribution in [0.5, 0.6) is 0 Å². The lowest BCUT2D eigenvalue weighted by atomic mass is 10.0. The zero-order chi connectivity index (χ0) is 29.9. The summed E-state index contributed by atoms with van der Waals surface area (Å²) in [7, 11) is 1.30. The number of likely N-dealkylation sites (tertiary alicyclic amines) is 1. The van der Waals surface area contributed by atoms with Crippen molar-refractivity contribution in [1.29, 1.82) is 0 Å². The van der Waals surface area contributed by atoms with E-state index in [4.69, 9.17) is 4.74 Å². The van der Waals surface area contributed by atoms with Gasteiger partial charge in [-0.25, -0.2) is 14.8 Å². The number of nitrogens with one attached hydrogen (secondary N) is 4. The van der Waals surface area contributed by atoms with Gasteiger partial charge in [0.15, 0.2) is 0 Å². The van der Waals surface area contributed by atoms with E-state index in [1.165, 1.54) is 13.5 Å². The van der Waals surface area contributed by atoms with Gasteiger partial charge in [-0.2, -0.15) is 0 Å². The van der Waals surface area contributed by atoms with Crippen LogP contribution in [0.1, 0.15) is 63.3 Å². The molecular weight excluding hydrogens is 542 g/mol. The van der Waals surface area contributed by atoms with Gasteiger partial charge in [0.05, 0.1) is 43.0 Å². The zero-order valence-electron chi connectivity index (χ0n) is 24.9. The second-order valence-corrected chi connectivity index (χ2v) is 11.7. The third kappa shape index (κ3) is 6.06. The molecule has 0 spiro atoms. The lowest BCUT2D eigenvalue weighted by Crippen LogP contribution is -2.51. The number of aromatic amines is 2. The quantitative estimate of drug-likeness (QED) is 0.214. The van der Waals surface area contributed by atoms with E-state index < -0.39 is 12.1 Å². The Labute approximate surface area is 251 Å². The minimum atomic E-state index is -0.657. The van der Waals surface area contributed by atoms with Gasteiger partial charge in [-0.1, -0.05) is 62.4 Å². The van der Waals surface area contributed by atoms with Crippen LogP contribution in [-0.2, 0) is 9.53 Å². The number of imidazole rings is 2. The van der Waals surface area contributed by atoms with Gasteiger partial charge >= 0.3 is 6.09 Å². The highest BCUT2D eigenvalue weighted by molar-refractivity contribution is 5.86. The van der Waals surface area contributed by atoms with E-state index >= 15 is 0 Å². The third-order valence-electron chi connectivity index (χ3n) is 8.55. The maximum atomic E-state index is 13.4. The highest BCUT2D eigenvalue weighted by Gasteiger charge is 2.37. The van der Waals surface area contributed by atoms with Crippen LogP contribution in [-0.4, -0.2) is 63.1 Å². The van der Waals surface area contributed by atoms with Gasteiger partial charge in [-0.3, -0.25) is 4.79 Å². The maximum Gasteiger partial charge on any atom is 0.407 e. The first kappa shape index (κ1) is 28.7. The third-order valence-corrected chi connectivity index (χ3v) is 8.55. The van der Waals surface area contributed by atoms with Crippen molar-refractivity contribution in [2.24, 2.45) is 5.92 Å². The van der Waals surface area contributed by atoms with Crippen molar-refractivity contribution < 1.29 is 14.3 Å². The monoisotopic (exact) mass is 581 g/mol. The Morgan fingerprint density at radius 3 is 2.00 bits per heavy atom. The summed E-state index contributed by atoms with van der Waals surface area (Å²) in [6.45, 7) is 5.50. The van der Waals surface area contributed by atoms with Crippen LogP contribution in [0.25, 0.3) is 33.6 Å². The van der Waals surface area contributed by atoms with Gasteiger partial charge in [-0.15, -0.1) is 0 Å². The van der Waals surface area contributed by atoms with Crippen LogP contribution in [0.15, 0.2) is 60.9 Å². The smallest absolute Gasteiger partial charge is 0.407 e. The summed E-state index contributed by atoms with van der Waals surface area (Å²) < 4.78 is 4.74. The van der Waals surface area contributed by atoms with E-state index in [-0.39, 0.29) is 17.9 Å². The number of methoxy groups -OCH3 is 1. The van der Waals surface area contributed by atoms with E-state index in [1.807, 2.05) is 31.1 Å². The molecule has 4 aromatic rings. The molecule has 3 atom stereocenters. The van der Waals surface area contributed by atoms with Crippen molar-refractivity contribution in [3.8, 4) is 33.6 Å². The van der Waals surface area contributed by atoms with Gasteiger partial charge in [0, 0.05) is 6.54 Å². The molecule has 2 unspecified atom stereocenters. The number of amides is 2. The molecule has 4 N–H and O–H groups in total. The van der Waals surface area contributed by atoms with E-state index in [1.54, 1.807) is 0 Å². The first-order valence-corrected chi connectivity index (χ1v) is 15.1. The van der Waals surface area contributed by atoms with Crippen molar-refractivity contribution in [3.63, 3.8) is 0 Å². The predicted molar refractivity (Wildman–Crippen MR) is 165 cm³/mol. The SMILES string of the molecule is COC(=O)N[C@H](C(=O)N1CCCC1c1ncc(-c2ccc(-c3ccc(-c4cnc(C5CCCN5)[nH]4)cc3)cc2)[nH]1)C(C)C. The summed E-state index contributed by atoms with van der Waals surface area (Å²) in [4.78, 5) is 43.3. The van der Waals surface area contributed by atoms with Crippen LogP contribution < -0.4 is 10.6 Å². The van der Waals surface area contributed by atoms with Crippen LogP contribution in [0, 0.1) is 5.92 Å². The summed E-state index contributed by atoms with van der Waals surface area (Å²) in [6, 6.07) is 16.4. The number of hydrogen-bond donors (Lipinski definition) is 4. The van der Waals surface area contributed by atoms with E-state index in [9.17, 15) is 9.59 Å². The van der Waals surface area contributed by atoms with Gasteiger partial charge in [-0.05, 0) is 60.4 Å². The number of benzene rings is 2. The molecule has 2 amide bonds. The number of aromatic nitrogens is 4. The Bertz CT molecular complexity index is 1550. The molecule has 0 bridgehead atoms. The van der Waals surface area contributed by atoms with Crippen molar-refractivity contribution in [2.45, 2.75) is 57.7 Å². The largest absolute Gasteiger partial charge is 0.453 e. The second-order valence-electron chi connectivity index (χ2n) is 11.7. The molecule has 0 radical (unpaired) electrons. The standard InChI is InChI=1S/C33H39N7O3/c1-20(2)29(39-33(42)43-3)32(41)40-17-5-7-28(40)31-36-19-27(38-31)24-14-10-22(11-15-24)21-8-12-23(13-9-21)26-18-35-30(37-26)25-6-4-16-34-25/h8-15,18-20,25,28-29,34H,4-7,16-17H2,1-3H3,(H,35,37)(H,36,38)(H,39,42)/t25?,28?,29-/m0/s1. The second kappa shape index (κ2) is 12.4. The van der Waals surface area contributed by atoms with Crippen molar-refractivity contribution in [2.75, 3.05) is 20.2 Å². The molecule has 4 heterocycles.